The van der Waals surface area contributed by atoms with Gasteiger partial charge in [0.25, 0.3) is 0 Å². The number of carbonyl (C=O) groups is 1. The summed E-state index contributed by atoms with van der Waals surface area (Å²) in [4.78, 5) is 11.5. The van der Waals surface area contributed by atoms with E-state index < -0.39 is 0 Å². The van der Waals surface area contributed by atoms with Crippen molar-refractivity contribution < 1.29 is 14.3 Å². The van der Waals surface area contributed by atoms with Crippen LogP contribution in [0.5, 0.6) is 5.75 Å². The molecule has 0 radical (unpaired) electrons. The highest BCUT2D eigenvalue weighted by molar-refractivity contribution is 5.69. The molecule has 0 N–H and O–H groups in total. The molecule has 3 heteroatoms. The summed E-state index contributed by atoms with van der Waals surface area (Å²) in [6.45, 7) is 8.71. The highest BCUT2D eigenvalue weighted by Crippen LogP contribution is 2.21. The van der Waals surface area contributed by atoms with Crippen LogP contribution in [0, 0.1) is 0 Å². The van der Waals surface area contributed by atoms with Crippen LogP contribution < -0.4 is 4.74 Å². The summed E-state index contributed by atoms with van der Waals surface area (Å²) in [5, 5.41) is 0. The Bertz CT molecular complexity index is 411. The zero-order valence-electron chi connectivity index (χ0n) is 13.7. The van der Waals surface area contributed by atoms with Crippen molar-refractivity contribution in [3.8, 4) is 5.75 Å². The monoisotopic (exact) mass is 292 g/mol. The minimum Gasteiger partial charge on any atom is -0.490 e. The average molecular weight is 292 g/mol. The predicted octanol–water partition coefficient (Wildman–Crippen LogP) is 4.70. The third-order valence-corrected chi connectivity index (χ3v) is 3.61. The van der Waals surface area contributed by atoms with Gasteiger partial charge in [0.1, 0.15) is 18.5 Å². The zero-order valence-corrected chi connectivity index (χ0v) is 13.7. The third-order valence-electron chi connectivity index (χ3n) is 3.61. The molecule has 3 nitrogen and oxygen atoms in total. The molecule has 0 fully saturated rings. The fourth-order valence-corrected chi connectivity index (χ4v) is 1.98. The van der Waals surface area contributed by atoms with Crippen molar-refractivity contribution in [2.24, 2.45) is 0 Å². The summed E-state index contributed by atoms with van der Waals surface area (Å²) in [5.74, 6) is 1.25. The Morgan fingerprint density at radius 1 is 1.14 bits per heavy atom. The molecule has 0 aliphatic carbocycles. The third kappa shape index (κ3) is 6.65. The van der Waals surface area contributed by atoms with E-state index in [1.54, 1.807) is 0 Å². The Labute approximate surface area is 128 Å². The molecule has 2 atom stereocenters. The molecule has 0 unspecified atom stereocenters. The molecule has 118 valence electrons. The standard InChI is InChI=1S/C18H28O3/c1-5-7-8-18(19)21-15(4)13-20-17-11-9-16(10-12-17)14(3)6-2/h9-12,14-15H,5-8,13H2,1-4H3/t14-,15+/m1/s1. The van der Waals surface area contributed by atoms with Crippen molar-refractivity contribution in [3.63, 3.8) is 0 Å². The lowest BCUT2D eigenvalue weighted by molar-refractivity contribution is -0.149. The first-order valence-corrected chi connectivity index (χ1v) is 7.99. The first kappa shape index (κ1) is 17.5. The van der Waals surface area contributed by atoms with Crippen molar-refractivity contribution in [2.75, 3.05) is 6.61 Å². The maximum absolute atomic E-state index is 11.5. The topological polar surface area (TPSA) is 35.5 Å². The highest BCUT2D eigenvalue weighted by Gasteiger charge is 2.10. The maximum atomic E-state index is 11.5. The number of ether oxygens (including phenoxy) is 2. The van der Waals surface area contributed by atoms with Crippen molar-refractivity contribution in [3.05, 3.63) is 29.8 Å². The van der Waals surface area contributed by atoms with Gasteiger partial charge in [0, 0.05) is 6.42 Å². The van der Waals surface area contributed by atoms with Gasteiger partial charge in [-0.25, -0.2) is 0 Å². The Kier molecular flexibility index (Phi) is 7.88. The smallest absolute Gasteiger partial charge is 0.306 e. The van der Waals surface area contributed by atoms with E-state index in [-0.39, 0.29) is 12.1 Å². The number of unbranched alkanes of at least 4 members (excludes halogenated alkanes) is 1. The molecule has 21 heavy (non-hydrogen) atoms. The summed E-state index contributed by atoms with van der Waals surface area (Å²) >= 11 is 0. The lowest BCUT2D eigenvalue weighted by Gasteiger charge is -2.15. The molecule has 0 aromatic heterocycles. The highest BCUT2D eigenvalue weighted by atomic mass is 16.6. The number of hydrogen-bond donors (Lipinski definition) is 0. The van der Waals surface area contributed by atoms with Gasteiger partial charge in [0.2, 0.25) is 0 Å². The second-order valence-electron chi connectivity index (χ2n) is 5.59. The van der Waals surface area contributed by atoms with Crippen LogP contribution in [0.1, 0.15) is 64.9 Å². The Morgan fingerprint density at radius 2 is 1.81 bits per heavy atom. The summed E-state index contributed by atoms with van der Waals surface area (Å²) in [7, 11) is 0. The fraction of sp³-hybridized carbons (Fsp3) is 0.611. The summed E-state index contributed by atoms with van der Waals surface area (Å²) in [5.41, 5.74) is 1.32. The quantitative estimate of drug-likeness (QED) is 0.619. The first-order chi connectivity index (χ1) is 10.1. The Morgan fingerprint density at radius 3 is 2.38 bits per heavy atom. The second kappa shape index (κ2) is 9.43. The molecule has 0 saturated carbocycles. The van der Waals surface area contributed by atoms with Crippen LogP contribution >= 0.6 is 0 Å². The molecule has 0 aliphatic heterocycles. The molecule has 0 amide bonds. The first-order valence-electron chi connectivity index (χ1n) is 7.99. The van der Waals surface area contributed by atoms with Crippen LogP contribution in [-0.4, -0.2) is 18.7 Å². The number of carbonyl (C=O) groups excluding carboxylic acids is 1. The van der Waals surface area contributed by atoms with E-state index in [1.165, 1.54) is 5.56 Å². The number of rotatable bonds is 9. The molecule has 0 aliphatic rings. The fourth-order valence-electron chi connectivity index (χ4n) is 1.98. The van der Waals surface area contributed by atoms with Gasteiger partial charge >= 0.3 is 5.97 Å². The summed E-state index contributed by atoms with van der Waals surface area (Å²) in [6.07, 6.45) is 3.28. The minimum absolute atomic E-state index is 0.139. The van der Waals surface area contributed by atoms with Crippen molar-refractivity contribution in [1.82, 2.24) is 0 Å². The summed E-state index contributed by atoms with van der Waals surface area (Å²) < 4.78 is 11.0. The molecule has 1 rings (SSSR count). The maximum Gasteiger partial charge on any atom is 0.306 e. The SMILES string of the molecule is CCCCC(=O)O[C@@H](C)COc1ccc([C@H](C)CC)cc1. The van der Waals surface area contributed by atoms with E-state index in [0.29, 0.717) is 18.9 Å². The van der Waals surface area contributed by atoms with Gasteiger partial charge in [0.05, 0.1) is 0 Å². The van der Waals surface area contributed by atoms with Gasteiger partial charge in [-0.15, -0.1) is 0 Å². The number of hydrogen-bond acceptors (Lipinski definition) is 3. The van der Waals surface area contributed by atoms with E-state index in [0.717, 1.165) is 25.0 Å². The molecular weight excluding hydrogens is 264 g/mol. The van der Waals surface area contributed by atoms with Crippen LogP contribution in [0.15, 0.2) is 24.3 Å². The second-order valence-corrected chi connectivity index (χ2v) is 5.59. The largest absolute Gasteiger partial charge is 0.490 e. The van der Waals surface area contributed by atoms with E-state index in [2.05, 4.69) is 32.9 Å². The van der Waals surface area contributed by atoms with E-state index in [1.807, 2.05) is 19.1 Å². The van der Waals surface area contributed by atoms with Crippen molar-refractivity contribution in [1.29, 1.82) is 0 Å². The summed E-state index contributed by atoms with van der Waals surface area (Å²) in [6, 6.07) is 8.16. The predicted molar refractivity (Wildman–Crippen MR) is 85.7 cm³/mol. The number of benzene rings is 1. The number of esters is 1. The lowest BCUT2D eigenvalue weighted by atomic mass is 9.99. The van der Waals surface area contributed by atoms with Crippen LogP contribution in [0.3, 0.4) is 0 Å². The average Bonchev–Trinajstić information content (AvgIpc) is 2.50. The van der Waals surface area contributed by atoms with Gasteiger partial charge in [-0.3, -0.25) is 4.79 Å². The molecule has 0 heterocycles. The van der Waals surface area contributed by atoms with Gasteiger partial charge in [-0.1, -0.05) is 39.3 Å². The molecular formula is C18H28O3. The van der Waals surface area contributed by atoms with E-state index in [9.17, 15) is 4.79 Å². The normalized spacial score (nSPS) is 13.5. The zero-order chi connectivity index (χ0) is 15.7. The van der Waals surface area contributed by atoms with Crippen LogP contribution in [0.25, 0.3) is 0 Å². The van der Waals surface area contributed by atoms with E-state index >= 15 is 0 Å². The van der Waals surface area contributed by atoms with Crippen molar-refractivity contribution in [2.45, 2.75) is 65.4 Å². The molecule has 1 aromatic carbocycles. The van der Waals surface area contributed by atoms with Crippen molar-refractivity contribution >= 4 is 5.97 Å². The van der Waals surface area contributed by atoms with Gasteiger partial charge < -0.3 is 9.47 Å². The minimum atomic E-state index is -0.219. The van der Waals surface area contributed by atoms with Gasteiger partial charge in [-0.05, 0) is 43.4 Å². The van der Waals surface area contributed by atoms with E-state index in [4.69, 9.17) is 9.47 Å². The molecule has 0 saturated heterocycles. The lowest BCUT2D eigenvalue weighted by Crippen LogP contribution is -2.21. The van der Waals surface area contributed by atoms with Gasteiger partial charge in [0.15, 0.2) is 0 Å². The van der Waals surface area contributed by atoms with Crippen LogP contribution in [-0.2, 0) is 9.53 Å². The molecule has 0 bridgehead atoms. The van der Waals surface area contributed by atoms with Crippen LogP contribution in [0.2, 0.25) is 0 Å². The molecule has 0 spiro atoms. The van der Waals surface area contributed by atoms with Crippen LogP contribution in [0.4, 0.5) is 0 Å². The van der Waals surface area contributed by atoms with Gasteiger partial charge in [-0.2, -0.15) is 0 Å². The molecule has 1 aromatic rings. The Balaban J connectivity index is 2.35. The Hall–Kier alpha value is -1.51.